The maximum Gasteiger partial charge on any atom is 0.257 e. The van der Waals surface area contributed by atoms with Gasteiger partial charge in [0.2, 0.25) is 0 Å². The van der Waals surface area contributed by atoms with Gasteiger partial charge >= 0.3 is 0 Å². The van der Waals surface area contributed by atoms with Gasteiger partial charge in [0.15, 0.2) is 0 Å². The van der Waals surface area contributed by atoms with Crippen LogP contribution in [0.5, 0.6) is 0 Å². The fourth-order valence-electron chi connectivity index (χ4n) is 3.02. The lowest BCUT2D eigenvalue weighted by atomic mass is 10.0. The van der Waals surface area contributed by atoms with Gasteiger partial charge in [-0.15, -0.1) is 0 Å². The second-order valence-corrected chi connectivity index (χ2v) is 7.25. The quantitative estimate of drug-likeness (QED) is 0.500. The van der Waals surface area contributed by atoms with E-state index in [1.165, 1.54) is 18.2 Å². The van der Waals surface area contributed by atoms with E-state index in [2.05, 4.69) is 15.6 Å². The minimum atomic E-state index is -0.470. The van der Waals surface area contributed by atoms with Gasteiger partial charge in [0.1, 0.15) is 0 Å². The number of ether oxygens (including phenoxy) is 1. The van der Waals surface area contributed by atoms with Crippen LogP contribution in [0, 0.1) is 11.3 Å². The van der Waals surface area contributed by atoms with Gasteiger partial charge in [-0.3, -0.25) is 14.6 Å². The number of hydrogen-bond acceptors (Lipinski definition) is 5. The van der Waals surface area contributed by atoms with Crippen LogP contribution in [0.3, 0.4) is 0 Å². The van der Waals surface area contributed by atoms with Crippen LogP contribution in [0.1, 0.15) is 32.7 Å². The zero-order chi connectivity index (χ0) is 22.9. The molecule has 0 fully saturated rings. The van der Waals surface area contributed by atoms with Crippen LogP contribution in [0.4, 0.5) is 5.69 Å². The third-order valence-electron chi connectivity index (χ3n) is 4.62. The molecule has 3 rings (SSSR count). The number of anilines is 1. The molecular formula is C24H21ClN4O3. The summed E-state index contributed by atoms with van der Waals surface area (Å²) in [7, 11) is 1.59. The van der Waals surface area contributed by atoms with Crippen LogP contribution in [-0.4, -0.2) is 37.1 Å². The molecule has 0 bridgehead atoms. The summed E-state index contributed by atoms with van der Waals surface area (Å²) < 4.78 is 4.95. The lowest BCUT2D eigenvalue weighted by molar-refractivity contribution is 0.0946. The topological polar surface area (TPSA) is 104 Å². The highest BCUT2D eigenvalue weighted by Gasteiger charge is 2.16. The zero-order valence-electron chi connectivity index (χ0n) is 17.4. The molecule has 32 heavy (non-hydrogen) atoms. The summed E-state index contributed by atoms with van der Waals surface area (Å²) in [6.45, 7) is 0.988. The first-order chi connectivity index (χ1) is 15.5. The number of rotatable bonds is 8. The third-order valence-corrected chi connectivity index (χ3v) is 4.95. The highest BCUT2D eigenvalue weighted by Crippen LogP contribution is 2.29. The molecule has 1 aromatic heterocycles. The van der Waals surface area contributed by atoms with Gasteiger partial charge in [0.05, 0.1) is 27.9 Å². The van der Waals surface area contributed by atoms with Crippen LogP contribution < -0.4 is 10.6 Å². The van der Waals surface area contributed by atoms with Crippen molar-refractivity contribution >= 4 is 29.1 Å². The molecule has 0 saturated heterocycles. The molecule has 0 unspecified atom stereocenters. The van der Waals surface area contributed by atoms with Gasteiger partial charge in [-0.2, -0.15) is 5.26 Å². The first-order valence-electron chi connectivity index (χ1n) is 9.87. The number of hydrogen-bond donors (Lipinski definition) is 2. The van der Waals surface area contributed by atoms with Crippen LogP contribution in [-0.2, 0) is 4.74 Å². The number of carbonyl (C=O) groups is 2. The lowest BCUT2D eigenvalue weighted by Gasteiger charge is -2.11. The van der Waals surface area contributed by atoms with Crippen molar-refractivity contribution in [2.75, 3.05) is 25.6 Å². The molecule has 0 aliphatic heterocycles. The zero-order valence-corrected chi connectivity index (χ0v) is 18.1. The standard InChI is InChI=1S/C24H21ClN4O3/c1-32-12-4-11-28-23(30)16-6-8-19(17(13-16)15-26)24(31)29-18-7-9-21(25)20(14-18)22-5-2-3-10-27-22/h2-3,5-10,13-14H,4,11-12H2,1H3,(H,28,30)(H,29,31). The molecule has 2 amide bonds. The number of nitrogens with one attached hydrogen (secondary N) is 2. The minimum absolute atomic E-state index is 0.103. The summed E-state index contributed by atoms with van der Waals surface area (Å²) in [6, 6.07) is 16.9. The molecule has 0 aliphatic rings. The number of halogens is 1. The molecule has 7 nitrogen and oxygen atoms in total. The van der Waals surface area contributed by atoms with E-state index in [1.807, 2.05) is 18.2 Å². The molecule has 0 atom stereocenters. The predicted molar refractivity (Wildman–Crippen MR) is 123 cm³/mol. The van der Waals surface area contributed by atoms with Crippen molar-refractivity contribution in [2.24, 2.45) is 0 Å². The number of nitriles is 1. The van der Waals surface area contributed by atoms with Gasteiger partial charge in [0, 0.05) is 43.3 Å². The van der Waals surface area contributed by atoms with Crippen LogP contribution in [0.15, 0.2) is 60.8 Å². The van der Waals surface area contributed by atoms with Gasteiger partial charge in [-0.05, 0) is 55.0 Å². The first-order valence-corrected chi connectivity index (χ1v) is 10.2. The number of benzene rings is 2. The van der Waals surface area contributed by atoms with E-state index in [1.54, 1.807) is 37.6 Å². The van der Waals surface area contributed by atoms with E-state index in [0.29, 0.717) is 47.1 Å². The Bertz CT molecular complexity index is 1160. The van der Waals surface area contributed by atoms with Crippen molar-refractivity contribution in [2.45, 2.75) is 6.42 Å². The van der Waals surface area contributed by atoms with Crippen molar-refractivity contribution in [3.63, 3.8) is 0 Å². The summed E-state index contributed by atoms with van der Waals surface area (Å²) >= 11 is 6.29. The van der Waals surface area contributed by atoms with Gasteiger partial charge in [0.25, 0.3) is 11.8 Å². The Hall–Kier alpha value is -3.73. The number of amides is 2. The monoisotopic (exact) mass is 448 g/mol. The van der Waals surface area contributed by atoms with E-state index in [4.69, 9.17) is 16.3 Å². The Balaban J connectivity index is 1.77. The Morgan fingerprint density at radius 1 is 1.12 bits per heavy atom. The first kappa shape index (κ1) is 22.9. The highest BCUT2D eigenvalue weighted by atomic mass is 35.5. The second-order valence-electron chi connectivity index (χ2n) is 6.84. The SMILES string of the molecule is COCCCNC(=O)c1ccc(C(=O)Nc2ccc(Cl)c(-c3ccccn3)c2)c(C#N)c1. The van der Waals surface area contributed by atoms with E-state index in [9.17, 15) is 14.9 Å². The van der Waals surface area contributed by atoms with E-state index < -0.39 is 5.91 Å². The van der Waals surface area contributed by atoms with E-state index in [0.717, 1.165) is 0 Å². The third kappa shape index (κ3) is 5.70. The minimum Gasteiger partial charge on any atom is -0.385 e. The number of methoxy groups -OCH3 is 1. The molecule has 2 N–H and O–H groups in total. The van der Waals surface area contributed by atoms with Crippen molar-refractivity contribution < 1.29 is 14.3 Å². The van der Waals surface area contributed by atoms with E-state index >= 15 is 0 Å². The summed E-state index contributed by atoms with van der Waals surface area (Å²) in [4.78, 5) is 29.4. The fourth-order valence-corrected chi connectivity index (χ4v) is 3.23. The Morgan fingerprint density at radius 3 is 2.69 bits per heavy atom. The summed E-state index contributed by atoms with van der Waals surface area (Å²) in [5, 5.41) is 15.5. The molecule has 3 aromatic rings. The number of aromatic nitrogens is 1. The second kappa shape index (κ2) is 11.0. The molecule has 0 spiro atoms. The maximum absolute atomic E-state index is 12.8. The maximum atomic E-state index is 12.8. The molecular weight excluding hydrogens is 428 g/mol. The average molecular weight is 449 g/mol. The largest absolute Gasteiger partial charge is 0.385 e. The molecule has 0 aliphatic carbocycles. The van der Waals surface area contributed by atoms with Crippen molar-refractivity contribution in [3.8, 4) is 17.3 Å². The summed E-state index contributed by atoms with van der Waals surface area (Å²) in [5.41, 5.74) is 2.42. The van der Waals surface area contributed by atoms with Gasteiger partial charge in [-0.25, -0.2) is 0 Å². The molecule has 2 aromatic carbocycles. The molecule has 162 valence electrons. The van der Waals surface area contributed by atoms with E-state index in [-0.39, 0.29) is 17.0 Å². The fraction of sp³-hybridized carbons (Fsp3) is 0.167. The van der Waals surface area contributed by atoms with Gasteiger partial charge in [-0.1, -0.05) is 17.7 Å². The number of nitrogens with zero attached hydrogens (tertiary/aromatic N) is 2. The van der Waals surface area contributed by atoms with Crippen molar-refractivity contribution in [1.29, 1.82) is 5.26 Å². The Kier molecular flexibility index (Phi) is 7.92. The number of pyridine rings is 1. The normalized spacial score (nSPS) is 10.3. The van der Waals surface area contributed by atoms with Crippen LogP contribution in [0.2, 0.25) is 5.02 Å². The van der Waals surface area contributed by atoms with Crippen LogP contribution in [0.25, 0.3) is 11.3 Å². The van der Waals surface area contributed by atoms with Crippen LogP contribution >= 0.6 is 11.6 Å². The van der Waals surface area contributed by atoms with Crippen molar-refractivity contribution in [3.05, 3.63) is 82.5 Å². The Morgan fingerprint density at radius 2 is 1.97 bits per heavy atom. The molecule has 0 saturated carbocycles. The van der Waals surface area contributed by atoms with Gasteiger partial charge < -0.3 is 15.4 Å². The summed E-state index contributed by atoms with van der Waals surface area (Å²) in [6.07, 6.45) is 2.33. The smallest absolute Gasteiger partial charge is 0.257 e. The average Bonchev–Trinajstić information content (AvgIpc) is 2.83. The predicted octanol–water partition coefficient (Wildman–Crippen LogP) is 4.29. The highest BCUT2D eigenvalue weighted by molar-refractivity contribution is 6.33. The molecule has 8 heteroatoms. The Labute approximate surface area is 191 Å². The molecule has 1 heterocycles. The number of carbonyl (C=O) groups excluding carboxylic acids is 2. The van der Waals surface area contributed by atoms with Crippen molar-refractivity contribution in [1.82, 2.24) is 10.3 Å². The molecule has 0 radical (unpaired) electrons. The summed E-state index contributed by atoms with van der Waals surface area (Å²) in [5.74, 6) is -0.787. The lowest BCUT2D eigenvalue weighted by Crippen LogP contribution is -2.25.